The molecule has 0 fully saturated rings. The first-order valence-corrected chi connectivity index (χ1v) is 6.18. The van der Waals surface area contributed by atoms with E-state index in [1.165, 1.54) is 44.2 Å². The van der Waals surface area contributed by atoms with Gasteiger partial charge in [-0.05, 0) is 25.2 Å². The van der Waals surface area contributed by atoms with Crippen LogP contribution in [0.3, 0.4) is 0 Å². The van der Waals surface area contributed by atoms with E-state index in [1.54, 1.807) is 0 Å². The van der Waals surface area contributed by atoms with Gasteiger partial charge in [-0.2, -0.15) is 0 Å². The van der Waals surface area contributed by atoms with Gasteiger partial charge in [0.2, 0.25) is 0 Å². The molecule has 0 rings (SSSR count). The maximum atomic E-state index is 4.15. The van der Waals surface area contributed by atoms with Gasteiger partial charge in [-0.1, -0.05) is 46.6 Å². The lowest BCUT2D eigenvalue weighted by atomic mass is 9.94. The molecule has 0 amide bonds. The lowest BCUT2D eigenvalue weighted by molar-refractivity contribution is 0.462. The summed E-state index contributed by atoms with van der Waals surface area (Å²) in [5.41, 5.74) is 1.27. The van der Waals surface area contributed by atoms with Crippen LogP contribution in [-0.4, -0.2) is 6.54 Å². The number of hydrogen-bond donors (Lipinski definition) is 1. The molecular formula is C13H27N. The van der Waals surface area contributed by atoms with E-state index in [0.29, 0.717) is 5.92 Å². The predicted octanol–water partition coefficient (Wildman–Crippen LogP) is 4.11. The molecule has 1 unspecified atom stereocenters. The van der Waals surface area contributed by atoms with Crippen LogP contribution in [0.2, 0.25) is 0 Å². The molecule has 0 saturated carbocycles. The first-order valence-electron chi connectivity index (χ1n) is 6.18. The largest absolute Gasteiger partial charge is 0.389 e. The molecule has 84 valence electrons. The second kappa shape index (κ2) is 9.11. The van der Waals surface area contributed by atoms with Crippen LogP contribution < -0.4 is 5.32 Å². The highest BCUT2D eigenvalue weighted by Crippen LogP contribution is 2.20. The van der Waals surface area contributed by atoms with Crippen LogP contribution in [0.5, 0.6) is 0 Å². The second-order valence-corrected chi connectivity index (χ2v) is 4.08. The van der Waals surface area contributed by atoms with Gasteiger partial charge in [0.1, 0.15) is 0 Å². The molecule has 0 saturated heterocycles. The smallest absolute Gasteiger partial charge is 0.0141 e. The van der Waals surface area contributed by atoms with Gasteiger partial charge in [0, 0.05) is 12.2 Å². The van der Waals surface area contributed by atoms with Crippen molar-refractivity contribution < 1.29 is 0 Å². The number of hydrogen-bond acceptors (Lipinski definition) is 1. The fourth-order valence-electron chi connectivity index (χ4n) is 1.72. The lowest BCUT2D eigenvalue weighted by Crippen LogP contribution is -2.20. The normalized spacial score (nSPS) is 12.5. The van der Waals surface area contributed by atoms with Crippen molar-refractivity contribution in [3.63, 3.8) is 0 Å². The SMILES string of the molecule is C=C(NCCC)C(CCC)CCCC. The molecular weight excluding hydrogens is 170 g/mol. The third kappa shape index (κ3) is 6.06. The van der Waals surface area contributed by atoms with E-state index in [9.17, 15) is 0 Å². The van der Waals surface area contributed by atoms with Crippen LogP contribution in [0.4, 0.5) is 0 Å². The summed E-state index contributed by atoms with van der Waals surface area (Å²) in [5.74, 6) is 0.700. The minimum Gasteiger partial charge on any atom is -0.389 e. The van der Waals surface area contributed by atoms with Gasteiger partial charge in [0.25, 0.3) is 0 Å². The summed E-state index contributed by atoms with van der Waals surface area (Å²) in [4.78, 5) is 0. The highest BCUT2D eigenvalue weighted by atomic mass is 14.9. The first kappa shape index (κ1) is 13.5. The Balaban J connectivity index is 3.84. The Labute approximate surface area is 90.0 Å². The number of allylic oxidation sites excluding steroid dienone is 1. The van der Waals surface area contributed by atoms with E-state index in [2.05, 4.69) is 32.7 Å². The van der Waals surface area contributed by atoms with Crippen LogP contribution in [-0.2, 0) is 0 Å². The van der Waals surface area contributed by atoms with Crippen LogP contribution in [0, 0.1) is 5.92 Å². The average Bonchev–Trinajstić information content (AvgIpc) is 2.20. The average molecular weight is 197 g/mol. The van der Waals surface area contributed by atoms with Gasteiger partial charge >= 0.3 is 0 Å². The Bertz CT molecular complexity index is 140. The molecule has 0 aromatic rings. The van der Waals surface area contributed by atoms with Crippen LogP contribution in [0.25, 0.3) is 0 Å². The molecule has 0 aliphatic carbocycles. The van der Waals surface area contributed by atoms with Crippen molar-refractivity contribution in [3.8, 4) is 0 Å². The maximum Gasteiger partial charge on any atom is 0.0141 e. The Morgan fingerprint density at radius 3 is 2.29 bits per heavy atom. The highest BCUT2D eigenvalue weighted by Gasteiger charge is 2.10. The van der Waals surface area contributed by atoms with E-state index < -0.39 is 0 Å². The molecule has 0 aromatic carbocycles. The van der Waals surface area contributed by atoms with Crippen molar-refractivity contribution in [2.45, 2.75) is 59.3 Å². The quantitative estimate of drug-likeness (QED) is 0.586. The van der Waals surface area contributed by atoms with E-state index >= 15 is 0 Å². The predicted molar refractivity (Wildman–Crippen MR) is 65.4 cm³/mol. The Morgan fingerprint density at radius 1 is 1.07 bits per heavy atom. The lowest BCUT2D eigenvalue weighted by Gasteiger charge is -2.20. The molecule has 1 nitrogen and oxygen atoms in total. The van der Waals surface area contributed by atoms with Crippen molar-refractivity contribution >= 4 is 0 Å². The van der Waals surface area contributed by atoms with E-state index in [1.807, 2.05) is 0 Å². The van der Waals surface area contributed by atoms with E-state index in [0.717, 1.165) is 6.54 Å². The number of nitrogens with one attached hydrogen (secondary N) is 1. The molecule has 1 atom stereocenters. The van der Waals surface area contributed by atoms with Crippen molar-refractivity contribution in [3.05, 3.63) is 12.3 Å². The zero-order chi connectivity index (χ0) is 10.8. The Morgan fingerprint density at radius 2 is 1.79 bits per heavy atom. The summed E-state index contributed by atoms with van der Waals surface area (Å²) < 4.78 is 0. The standard InChI is InChI=1S/C13H27N/c1-5-8-10-13(9-6-2)12(4)14-11-7-3/h13-14H,4-11H2,1-3H3. The summed E-state index contributed by atoms with van der Waals surface area (Å²) >= 11 is 0. The van der Waals surface area contributed by atoms with Crippen LogP contribution in [0.15, 0.2) is 12.3 Å². The molecule has 0 aromatic heterocycles. The summed E-state index contributed by atoms with van der Waals surface area (Å²) in [7, 11) is 0. The summed E-state index contributed by atoms with van der Waals surface area (Å²) in [5, 5.41) is 3.43. The molecule has 14 heavy (non-hydrogen) atoms. The molecule has 1 N–H and O–H groups in total. The highest BCUT2D eigenvalue weighted by molar-refractivity contribution is 4.97. The molecule has 0 radical (unpaired) electrons. The van der Waals surface area contributed by atoms with Gasteiger partial charge in [-0.25, -0.2) is 0 Å². The van der Waals surface area contributed by atoms with Gasteiger partial charge in [-0.3, -0.25) is 0 Å². The van der Waals surface area contributed by atoms with E-state index in [-0.39, 0.29) is 0 Å². The van der Waals surface area contributed by atoms with Gasteiger partial charge in [0.05, 0.1) is 0 Å². The van der Waals surface area contributed by atoms with Crippen molar-refractivity contribution in [2.24, 2.45) is 5.92 Å². The Hall–Kier alpha value is -0.460. The topological polar surface area (TPSA) is 12.0 Å². The molecule has 1 heteroatoms. The third-order valence-electron chi connectivity index (χ3n) is 2.64. The van der Waals surface area contributed by atoms with Crippen molar-refractivity contribution in [2.75, 3.05) is 6.54 Å². The first-order chi connectivity index (χ1) is 6.76. The maximum absolute atomic E-state index is 4.15. The molecule has 0 heterocycles. The van der Waals surface area contributed by atoms with Crippen LogP contribution >= 0.6 is 0 Å². The number of rotatable bonds is 9. The summed E-state index contributed by atoms with van der Waals surface area (Å²) in [6.07, 6.45) is 7.67. The fraction of sp³-hybridized carbons (Fsp3) is 0.846. The zero-order valence-corrected chi connectivity index (χ0v) is 10.2. The third-order valence-corrected chi connectivity index (χ3v) is 2.64. The zero-order valence-electron chi connectivity index (χ0n) is 10.2. The van der Waals surface area contributed by atoms with Crippen molar-refractivity contribution in [1.29, 1.82) is 0 Å². The van der Waals surface area contributed by atoms with Gasteiger partial charge in [0.15, 0.2) is 0 Å². The molecule has 0 spiro atoms. The summed E-state index contributed by atoms with van der Waals surface area (Å²) in [6.45, 7) is 11.9. The monoisotopic (exact) mass is 197 g/mol. The molecule has 0 bridgehead atoms. The number of unbranched alkanes of at least 4 members (excludes halogenated alkanes) is 1. The minimum atomic E-state index is 0.700. The Kier molecular flexibility index (Phi) is 8.81. The molecule has 0 aliphatic rings. The van der Waals surface area contributed by atoms with Crippen molar-refractivity contribution in [1.82, 2.24) is 5.32 Å². The fourth-order valence-corrected chi connectivity index (χ4v) is 1.72. The van der Waals surface area contributed by atoms with Gasteiger partial charge in [-0.15, -0.1) is 0 Å². The molecule has 0 aliphatic heterocycles. The summed E-state index contributed by atoms with van der Waals surface area (Å²) in [6, 6.07) is 0. The van der Waals surface area contributed by atoms with E-state index in [4.69, 9.17) is 0 Å². The minimum absolute atomic E-state index is 0.700. The second-order valence-electron chi connectivity index (χ2n) is 4.08. The van der Waals surface area contributed by atoms with Gasteiger partial charge < -0.3 is 5.32 Å². The van der Waals surface area contributed by atoms with Crippen LogP contribution in [0.1, 0.15) is 59.3 Å².